The van der Waals surface area contributed by atoms with Crippen molar-refractivity contribution in [2.75, 3.05) is 14.2 Å². The summed E-state index contributed by atoms with van der Waals surface area (Å²) in [6.45, 7) is 1.41. The number of ketones is 1. The van der Waals surface area contributed by atoms with E-state index in [0.29, 0.717) is 22.6 Å². The lowest BCUT2D eigenvalue weighted by molar-refractivity contribution is -0.137. The second kappa shape index (κ2) is 8.39. The molecule has 0 spiro atoms. The molecule has 0 aliphatic heterocycles. The lowest BCUT2D eigenvalue weighted by Crippen LogP contribution is -2.31. The molecule has 8 nitrogen and oxygen atoms in total. The Morgan fingerprint density at radius 3 is 2.41 bits per heavy atom. The van der Waals surface area contributed by atoms with Gasteiger partial charge in [-0.2, -0.15) is 0 Å². The van der Waals surface area contributed by atoms with Gasteiger partial charge in [0.25, 0.3) is 5.91 Å². The van der Waals surface area contributed by atoms with Gasteiger partial charge in [-0.25, -0.2) is 0 Å². The summed E-state index contributed by atoms with van der Waals surface area (Å²) in [7, 11) is 4.60. The summed E-state index contributed by atoms with van der Waals surface area (Å²) in [6, 6.07) is 5.58. The molecule has 0 saturated carbocycles. The first-order valence-electron chi connectivity index (χ1n) is 8.18. The van der Waals surface area contributed by atoms with E-state index >= 15 is 0 Å². The number of benzene rings is 1. The highest BCUT2D eigenvalue weighted by Gasteiger charge is 2.24. The van der Waals surface area contributed by atoms with E-state index in [1.807, 2.05) is 0 Å². The van der Waals surface area contributed by atoms with Crippen LogP contribution < -0.4 is 14.8 Å². The van der Waals surface area contributed by atoms with Crippen molar-refractivity contribution in [3.05, 3.63) is 47.3 Å². The number of carboxylic acid groups (broad SMARTS) is 1. The average molecular weight is 374 g/mol. The van der Waals surface area contributed by atoms with Crippen LogP contribution in [0.15, 0.2) is 30.5 Å². The number of rotatable bonds is 8. The third kappa shape index (κ3) is 4.66. The Kier molecular flexibility index (Phi) is 6.23. The monoisotopic (exact) mass is 374 g/mol. The fourth-order valence-electron chi connectivity index (χ4n) is 2.73. The number of amides is 1. The van der Waals surface area contributed by atoms with Crippen molar-refractivity contribution in [2.45, 2.75) is 19.4 Å². The molecule has 0 aliphatic rings. The van der Waals surface area contributed by atoms with Gasteiger partial charge in [0.1, 0.15) is 17.2 Å². The Morgan fingerprint density at radius 2 is 1.89 bits per heavy atom. The van der Waals surface area contributed by atoms with Gasteiger partial charge in [0.05, 0.1) is 26.7 Å². The zero-order valence-corrected chi connectivity index (χ0v) is 15.6. The van der Waals surface area contributed by atoms with Crippen LogP contribution in [-0.4, -0.2) is 41.6 Å². The first kappa shape index (κ1) is 20.0. The van der Waals surface area contributed by atoms with Crippen molar-refractivity contribution in [1.29, 1.82) is 0 Å². The van der Waals surface area contributed by atoms with E-state index in [9.17, 15) is 19.5 Å². The summed E-state index contributed by atoms with van der Waals surface area (Å²) >= 11 is 0. The van der Waals surface area contributed by atoms with E-state index in [2.05, 4.69) is 5.32 Å². The number of nitrogens with one attached hydrogen (secondary N) is 1. The first-order chi connectivity index (χ1) is 12.8. The van der Waals surface area contributed by atoms with Crippen molar-refractivity contribution in [1.82, 2.24) is 9.88 Å². The second-order valence-corrected chi connectivity index (χ2v) is 6.01. The van der Waals surface area contributed by atoms with Gasteiger partial charge >= 0.3 is 5.97 Å². The van der Waals surface area contributed by atoms with Crippen LogP contribution in [0.3, 0.4) is 0 Å². The molecule has 0 radical (unpaired) electrons. The average Bonchev–Trinajstić information content (AvgIpc) is 3.02. The predicted octanol–water partition coefficient (Wildman–Crippen LogP) is 2.19. The highest BCUT2D eigenvalue weighted by Crippen LogP contribution is 2.31. The number of hydrogen-bond acceptors (Lipinski definition) is 5. The largest absolute Gasteiger partial charge is 0.497 e. The molecule has 1 aromatic heterocycles. The zero-order chi connectivity index (χ0) is 20.1. The van der Waals surface area contributed by atoms with E-state index in [1.54, 1.807) is 31.4 Å². The number of nitrogens with zero attached hydrogens (tertiary/aromatic N) is 1. The van der Waals surface area contributed by atoms with E-state index in [0.717, 1.165) is 0 Å². The Balaban J connectivity index is 2.36. The van der Waals surface area contributed by atoms with E-state index in [-0.39, 0.29) is 17.9 Å². The highest BCUT2D eigenvalue weighted by molar-refractivity contribution is 5.99. The summed E-state index contributed by atoms with van der Waals surface area (Å²) in [4.78, 5) is 35.5. The van der Waals surface area contributed by atoms with E-state index < -0.39 is 17.9 Å². The van der Waals surface area contributed by atoms with Crippen LogP contribution in [0.4, 0.5) is 0 Å². The van der Waals surface area contributed by atoms with Crippen LogP contribution >= 0.6 is 0 Å². The van der Waals surface area contributed by atoms with Gasteiger partial charge in [0.15, 0.2) is 5.78 Å². The number of hydrogen-bond donors (Lipinski definition) is 2. The quantitative estimate of drug-likeness (QED) is 0.686. The Labute approximate surface area is 156 Å². The molecule has 0 fully saturated rings. The van der Waals surface area contributed by atoms with Gasteiger partial charge in [-0.05, 0) is 25.1 Å². The summed E-state index contributed by atoms with van der Waals surface area (Å²) in [5.74, 6) is -0.783. The lowest BCUT2D eigenvalue weighted by Gasteiger charge is -2.20. The maximum absolute atomic E-state index is 12.7. The highest BCUT2D eigenvalue weighted by atomic mass is 16.5. The van der Waals surface area contributed by atoms with Crippen LogP contribution in [0.5, 0.6) is 11.5 Å². The predicted molar refractivity (Wildman–Crippen MR) is 97.4 cm³/mol. The molecule has 144 valence electrons. The Bertz CT molecular complexity index is 871. The molecule has 0 aliphatic carbocycles. The van der Waals surface area contributed by atoms with Crippen LogP contribution in [0, 0.1) is 0 Å². The summed E-state index contributed by atoms with van der Waals surface area (Å²) in [5, 5.41) is 12.0. The molecular formula is C19H22N2O6. The second-order valence-electron chi connectivity index (χ2n) is 6.01. The van der Waals surface area contributed by atoms with Crippen molar-refractivity contribution in [3.8, 4) is 11.5 Å². The van der Waals surface area contributed by atoms with Crippen molar-refractivity contribution < 1.29 is 29.0 Å². The Morgan fingerprint density at radius 1 is 1.19 bits per heavy atom. The minimum Gasteiger partial charge on any atom is -0.497 e. The summed E-state index contributed by atoms with van der Waals surface area (Å²) in [6.07, 6.45) is 1.22. The molecule has 1 amide bonds. The fraction of sp³-hybridized carbons (Fsp3) is 0.316. The van der Waals surface area contributed by atoms with Gasteiger partial charge in [0.2, 0.25) is 0 Å². The number of aryl methyl sites for hydroxylation is 1. The van der Waals surface area contributed by atoms with Crippen molar-refractivity contribution in [2.24, 2.45) is 7.05 Å². The molecule has 1 heterocycles. The molecule has 0 saturated heterocycles. The van der Waals surface area contributed by atoms with Crippen LogP contribution in [0.1, 0.15) is 45.8 Å². The molecule has 2 rings (SSSR count). The lowest BCUT2D eigenvalue weighted by atomic mass is 10.0. The molecule has 1 unspecified atom stereocenters. The maximum Gasteiger partial charge on any atom is 0.305 e. The molecule has 27 heavy (non-hydrogen) atoms. The normalized spacial score (nSPS) is 11.6. The van der Waals surface area contributed by atoms with E-state index in [1.165, 1.54) is 31.8 Å². The Hall–Kier alpha value is -3.29. The van der Waals surface area contributed by atoms with Crippen LogP contribution in [-0.2, 0) is 11.8 Å². The van der Waals surface area contributed by atoms with Crippen LogP contribution in [0.2, 0.25) is 0 Å². The van der Waals surface area contributed by atoms with Crippen molar-refractivity contribution in [3.63, 3.8) is 0 Å². The van der Waals surface area contributed by atoms with Gasteiger partial charge < -0.3 is 24.5 Å². The summed E-state index contributed by atoms with van der Waals surface area (Å²) < 4.78 is 12.0. The third-order valence-electron chi connectivity index (χ3n) is 4.14. The fourth-order valence-corrected chi connectivity index (χ4v) is 2.73. The number of carbonyl (C=O) groups is 3. The van der Waals surface area contributed by atoms with Gasteiger partial charge in [-0.15, -0.1) is 0 Å². The number of carbonyl (C=O) groups excluding carboxylic acids is 2. The zero-order valence-electron chi connectivity index (χ0n) is 15.6. The SMILES string of the molecule is COc1ccc(C(CC(=O)O)NC(=O)c2cc(C(C)=O)cn2C)c(OC)c1. The van der Waals surface area contributed by atoms with E-state index in [4.69, 9.17) is 9.47 Å². The first-order valence-corrected chi connectivity index (χ1v) is 8.18. The molecule has 8 heteroatoms. The number of carboxylic acids is 1. The van der Waals surface area contributed by atoms with Crippen LogP contribution in [0.25, 0.3) is 0 Å². The summed E-state index contributed by atoms with van der Waals surface area (Å²) in [5.41, 5.74) is 1.16. The number of aliphatic carboxylic acids is 1. The maximum atomic E-state index is 12.7. The van der Waals surface area contributed by atoms with Gasteiger partial charge in [0, 0.05) is 30.4 Å². The third-order valence-corrected chi connectivity index (χ3v) is 4.14. The molecular weight excluding hydrogens is 352 g/mol. The molecule has 1 aromatic carbocycles. The topological polar surface area (TPSA) is 107 Å². The smallest absolute Gasteiger partial charge is 0.305 e. The minimum atomic E-state index is -1.07. The number of methoxy groups -OCH3 is 2. The standard InChI is InChI=1S/C19H22N2O6/c1-11(22)12-7-16(21(2)10-12)19(25)20-15(9-18(23)24)14-6-5-13(26-3)8-17(14)27-4/h5-8,10,15H,9H2,1-4H3,(H,20,25)(H,23,24). The molecule has 2 aromatic rings. The number of ether oxygens (including phenoxy) is 2. The van der Waals surface area contributed by atoms with Gasteiger partial charge in [-0.3, -0.25) is 14.4 Å². The minimum absolute atomic E-state index is 0.163. The van der Waals surface area contributed by atoms with Crippen molar-refractivity contribution >= 4 is 17.7 Å². The van der Waals surface area contributed by atoms with Gasteiger partial charge in [-0.1, -0.05) is 0 Å². The number of aromatic nitrogens is 1. The molecule has 1 atom stereocenters. The molecule has 2 N–H and O–H groups in total. The molecule has 0 bridgehead atoms. The number of Topliss-reactive ketones (excluding diaryl/α,β-unsaturated/α-hetero) is 1.